The van der Waals surface area contributed by atoms with Crippen molar-refractivity contribution in [2.45, 2.75) is 26.2 Å². The van der Waals surface area contributed by atoms with Crippen LogP contribution < -0.4 is 10.6 Å². The molecule has 0 saturated heterocycles. The second-order valence-corrected chi connectivity index (χ2v) is 4.75. The predicted octanol–water partition coefficient (Wildman–Crippen LogP) is 1.99. The number of hydrogen-bond donors (Lipinski definition) is 2. The van der Waals surface area contributed by atoms with Crippen LogP contribution in [0.1, 0.15) is 26.2 Å². The van der Waals surface area contributed by atoms with E-state index in [0.29, 0.717) is 25.3 Å². The maximum Gasteiger partial charge on any atom is 0.220 e. The zero-order valence-corrected chi connectivity index (χ0v) is 12.2. The Kier molecular flexibility index (Phi) is 5.75. The van der Waals surface area contributed by atoms with Gasteiger partial charge in [-0.3, -0.25) is 4.79 Å². The summed E-state index contributed by atoms with van der Waals surface area (Å²) >= 11 is 0. The highest BCUT2D eigenvalue weighted by Crippen LogP contribution is 2.06. The Morgan fingerprint density at radius 1 is 1.19 bits per heavy atom. The van der Waals surface area contributed by atoms with Gasteiger partial charge in [0.05, 0.1) is 0 Å². The zero-order valence-electron chi connectivity index (χ0n) is 12.2. The maximum absolute atomic E-state index is 11.4. The number of hydrogen-bond acceptors (Lipinski definition) is 4. The molecule has 2 heterocycles. The Labute approximate surface area is 124 Å². The Morgan fingerprint density at radius 3 is 2.67 bits per heavy atom. The molecule has 0 fully saturated rings. The Balaban J connectivity index is 1.71. The van der Waals surface area contributed by atoms with E-state index in [4.69, 9.17) is 0 Å². The summed E-state index contributed by atoms with van der Waals surface area (Å²) in [7, 11) is 0. The number of carbonyl (C=O) groups is 1. The maximum atomic E-state index is 11.4. The van der Waals surface area contributed by atoms with E-state index in [-0.39, 0.29) is 5.91 Å². The van der Waals surface area contributed by atoms with Crippen LogP contribution >= 0.6 is 0 Å². The molecule has 2 aromatic heterocycles. The van der Waals surface area contributed by atoms with Crippen LogP contribution in [-0.2, 0) is 4.79 Å². The summed E-state index contributed by atoms with van der Waals surface area (Å²) in [5.74, 6) is 1.58. The first kappa shape index (κ1) is 15.0. The van der Waals surface area contributed by atoms with Crippen molar-refractivity contribution in [2.75, 3.05) is 18.4 Å². The third-order valence-corrected chi connectivity index (χ3v) is 3.03. The predicted molar refractivity (Wildman–Crippen MR) is 82.4 cm³/mol. The third-order valence-electron chi connectivity index (χ3n) is 3.03. The van der Waals surface area contributed by atoms with Gasteiger partial charge in [0.2, 0.25) is 5.91 Å². The second-order valence-electron chi connectivity index (χ2n) is 4.75. The molecule has 0 aromatic carbocycles. The van der Waals surface area contributed by atoms with Crippen LogP contribution in [0.5, 0.6) is 0 Å². The number of anilines is 1. The minimum atomic E-state index is 0.104. The van der Waals surface area contributed by atoms with E-state index < -0.39 is 0 Å². The highest BCUT2D eigenvalue weighted by molar-refractivity contribution is 5.75. The first-order valence-electron chi connectivity index (χ1n) is 7.27. The van der Waals surface area contributed by atoms with Crippen LogP contribution in [-0.4, -0.2) is 33.8 Å². The van der Waals surface area contributed by atoms with Gasteiger partial charge in [0.15, 0.2) is 5.82 Å². The quantitative estimate of drug-likeness (QED) is 0.728. The van der Waals surface area contributed by atoms with Crippen molar-refractivity contribution in [2.24, 2.45) is 0 Å². The molecule has 112 valence electrons. The van der Waals surface area contributed by atoms with Crippen molar-refractivity contribution < 1.29 is 4.79 Å². The molecular formula is C15H21N5O. The molecule has 0 radical (unpaired) electrons. The van der Waals surface area contributed by atoms with Gasteiger partial charge in [0.25, 0.3) is 0 Å². The van der Waals surface area contributed by atoms with Gasteiger partial charge in [-0.1, -0.05) is 13.3 Å². The monoisotopic (exact) mass is 287 g/mol. The first-order valence-corrected chi connectivity index (χ1v) is 7.27. The first-order chi connectivity index (χ1) is 10.3. The largest absolute Gasteiger partial charge is 0.367 e. The van der Waals surface area contributed by atoms with Gasteiger partial charge in [-0.2, -0.15) is 0 Å². The number of nitrogens with zero attached hydrogens (tertiary/aromatic N) is 3. The molecule has 0 bridgehead atoms. The molecule has 0 unspecified atom stereocenters. The van der Waals surface area contributed by atoms with E-state index in [9.17, 15) is 4.79 Å². The van der Waals surface area contributed by atoms with Gasteiger partial charge in [0.1, 0.15) is 5.82 Å². The van der Waals surface area contributed by atoms with Crippen LogP contribution in [0, 0.1) is 0 Å². The summed E-state index contributed by atoms with van der Waals surface area (Å²) in [6, 6.07) is 7.65. The lowest BCUT2D eigenvalue weighted by atomic mass is 10.2. The molecule has 2 N–H and O–H groups in total. The minimum Gasteiger partial charge on any atom is -0.367 e. The average molecular weight is 287 g/mol. The second kappa shape index (κ2) is 8.04. The number of carbonyl (C=O) groups excluding carboxylic acids is 1. The Hall–Kier alpha value is -2.37. The van der Waals surface area contributed by atoms with Crippen LogP contribution in [0.15, 0.2) is 36.7 Å². The average Bonchev–Trinajstić information content (AvgIpc) is 3.04. The molecule has 0 aliphatic carbocycles. The lowest BCUT2D eigenvalue weighted by Gasteiger charge is -2.07. The molecule has 1 amide bonds. The Morgan fingerprint density at radius 2 is 2.00 bits per heavy atom. The SMILES string of the molecule is CCCCC(=O)NCCNc1ccc(-n2cccc2)nn1. The fourth-order valence-electron chi connectivity index (χ4n) is 1.86. The number of nitrogens with one attached hydrogen (secondary N) is 2. The standard InChI is InChI=1S/C15H21N5O/c1-2-3-6-15(21)17-10-9-16-13-7-8-14(19-18-13)20-11-4-5-12-20/h4-5,7-8,11-12H,2-3,6,9-10H2,1H3,(H,16,18)(H,17,21). The molecule has 0 saturated carbocycles. The summed E-state index contributed by atoms with van der Waals surface area (Å²) in [5.41, 5.74) is 0. The number of amides is 1. The molecule has 0 spiro atoms. The summed E-state index contributed by atoms with van der Waals surface area (Å²) < 4.78 is 1.89. The van der Waals surface area contributed by atoms with Crippen molar-refractivity contribution in [3.8, 4) is 5.82 Å². The topological polar surface area (TPSA) is 71.8 Å². The summed E-state index contributed by atoms with van der Waals surface area (Å²) in [4.78, 5) is 11.4. The summed E-state index contributed by atoms with van der Waals surface area (Å²) in [5, 5.41) is 14.2. The van der Waals surface area contributed by atoms with Crippen LogP contribution in [0.2, 0.25) is 0 Å². The van der Waals surface area contributed by atoms with Gasteiger partial charge < -0.3 is 15.2 Å². The number of aromatic nitrogens is 3. The van der Waals surface area contributed by atoms with Crippen molar-refractivity contribution in [1.29, 1.82) is 0 Å². The van der Waals surface area contributed by atoms with Gasteiger partial charge >= 0.3 is 0 Å². The summed E-state index contributed by atoms with van der Waals surface area (Å²) in [6.45, 7) is 3.30. The summed E-state index contributed by atoms with van der Waals surface area (Å²) in [6.07, 6.45) is 6.41. The molecule has 2 aromatic rings. The highest BCUT2D eigenvalue weighted by Gasteiger charge is 2.00. The van der Waals surface area contributed by atoms with Crippen LogP contribution in [0.3, 0.4) is 0 Å². The van der Waals surface area contributed by atoms with E-state index in [1.165, 1.54) is 0 Å². The van der Waals surface area contributed by atoms with Crippen molar-refractivity contribution >= 4 is 11.7 Å². The molecule has 6 heteroatoms. The molecule has 2 rings (SSSR count). The molecule has 21 heavy (non-hydrogen) atoms. The fourth-order valence-corrected chi connectivity index (χ4v) is 1.86. The molecule has 0 aliphatic heterocycles. The lowest BCUT2D eigenvalue weighted by Crippen LogP contribution is -2.28. The third kappa shape index (κ3) is 4.91. The van der Waals surface area contributed by atoms with Crippen LogP contribution in [0.25, 0.3) is 5.82 Å². The van der Waals surface area contributed by atoms with Crippen molar-refractivity contribution in [3.63, 3.8) is 0 Å². The lowest BCUT2D eigenvalue weighted by molar-refractivity contribution is -0.121. The minimum absolute atomic E-state index is 0.104. The van der Waals surface area contributed by atoms with Crippen molar-refractivity contribution in [3.05, 3.63) is 36.7 Å². The van der Waals surface area contributed by atoms with E-state index in [0.717, 1.165) is 18.7 Å². The molecule has 0 aliphatic rings. The normalized spacial score (nSPS) is 10.3. The fraction of sp³-hybridized carbons (Fsp3) is 0.400. The zero-order chi connectivity index (χ0) is 14.9. The molecular weight excluding hydrogens is 266 g/mol. The van der Waals surface area contributed by atoms with E-state index >= 15 is 0 Å². The van der Waals surface area contributed by atoms with E-state index in [2.05, 4.69) is 27.8 Å². The van der Waals surface area contributed by atoms with E-state index in [1.54, 1.807) is 0 Å². The van der Waals surface area contributed by atoms with Crippen LogP contribution in [0.4, 0.5) is 5.82 Å². The smallest absolute Gasteiger partial charge is 0.220 e. The number of unbranched alkanes of at least 4 members (excludes halogenated alkanes) is 1. The highest BCUT2D eigenvalue weighted by atomic mass is 16.1. The van der Waals surface area contributed by atoms with Gasteiger partial charge in [0, 0.05) is 31.9 Å². The molecule has 0 atom stereocenters. The Bertz CT molecular complexity index is 536. The number of rotatable bonds is 8. The van der Waals surface area contributed by atoms with E-state index in [1.807, 2.05) is 41.2 Å². The van der Waals surface area contributed by atoms with Gasteiger partial charge in [-0.15, -0.1) is 10.2 Å². The molecule has 6 nitrogen and oxygen atoms in total. The van der Waals surface area contributed by atoms with Gasteiger partial charge in [-0.25, -0.2) is 0 Å². The van der Waals surface area contributed by atoms with Crippen molar-refractivity contribution in [1.82, 2.24) is 20.1 Å². The van der Waals surface area contributed by atoms with Gasteiger partial charge in [-0.05, 0) is 30.7 Å².